The van der Waals surface area contributed by atoms with Gasteiger partial charge < -0.3 is 10.0 Å². The van der Waals surface area contributed by atoms with Gasteiger partial charge in [-0.2, -0.15) is 5.10 Å². The largest absolute Gasteiger partial charge is 0.389 e. The second-order valence-electron chi connectivity index (χ2n) is 8.53. The number of benzene rings is 1. The molecule has 4 rings (SSSR count). The van der Waals surface area contributed by atoms with Gasteiger partial charge in [-0.3, -0.25) is 9.69 Å². The Hall–Kier alpha value is -2.48. The maximum Gasteiger partial charge on any atom is 0.274 e. The van der Waals surface area contributed by atoms with Gasteiger partial charge in [-0.05, 0) is 50.4 Å². The summed E-state index contributed by atoms with van der Waals surface area (Å²) < 4.78 is 1.86. The third kappa shape index (κ3) is 4.48. The number of nitrogens with zero attached hydrogens (tertiary/aromatic N) is 4. The normalized spacial score (nSPS) is 18.0. The lowest BCUT2D eigenvalue weighted by atomic mass is 10.1. The van der Waals surface area contributed by atoms with E-state index in [0.717, 1.165) is 29.3 Å². The Morgan fingerprint density at radius 2 is 1.97 bits per heavy atom. The van der Waals surface area contributed by atoms with Gasteiger partial charge in [0.15, 0.2) is 5.69 Å². The van der Waals surface area contributed by atoms with Gasteiger partial charge >= 0.3 is 0 Å². The first-order valence-corrected chi connectivity index (χ1v) is 11.1. The smallest absolute Gasteiger partial charge is 0.274 e. The van der Waals surface area contributed by atoms with E-state index in [9.17, 15) is 9.90 Å². The van der Waals surface area contributed by atoms with Crippen LogP contribution in [0.1, 0.15) is 31.3 Å². The maximum absolute atomic E-state index is 13.4. The molecule has 1 saturated heterocycles. The monoisotopic (exact) mass is 424 g/mol. The van der Waals surface area contributed by atoms with Crippen molar-refractivity contribution in [2.75, 3.05) is 26.2 Å². The molecule has 0 saturated carbocycles. The van der Waals surface area contributed by atoms with Gasteiger partial charge in [-0.15, -0.1) is 11.3 Å². The summed E-state index contributed by atoms with van der Waals surface area (Å²) in [5.74, 6) is -0.0436. The summed E-state index contributed by atoms with van der Waals surface area (Å²) in [6.45, 7) is 8.41. The first-order chi connectivity index (χ1) is 14.3. The number of piperazine rings is 1. The highest BCUT2D eigenvalue weighted by Gasteiger charge is 2.32. The number of hydrogen-bond donors (Lipinski definition) is 1. The van der Waals surface area contributed by atoms with Crippen molar-refractivity contribution in [1.29, 1.82) is 0 Å². The van der Waals surface area contributed by atoms with E-state index in [0.29, 0.717) is 18.8 Å². The van der Waals surface area contributed by atoms with Crippen molar-refractivity contribution in [3.63, 3.8) is 0 Å². The fraction of sp³-hybridized carbons (Fsp3) is 0.391. The number of carbonyl (C=O) groups excluding carboxylic acids is 1. The average Bonchev–Trinajstić information content (AvgIpc) is 3.37. The second-order valence-corrected chi connectivity index (χ2v) is 9.48. The number of β-amino-alcohol motifs (C(OH)–C–C–N with tert-alkyl or cyclic N) is 1. The summed E-state index contributed by atoms with van der Waals surface area (Å²) in [7, 11) is 0. The molecular weight excluding hydrogens is 396 g/mol. The minimum absolute atomic E-state index is 0.0436. The van der Waals surface area contributed by atoms with Crippen LogP contribution in [0.3, 0.4) is 0 Å². The third-order valence-corrected chi connectivity index (χ3v) is 6.18. The molecule has 1 aromatic carbocycles. The Morgan fingerprint density at radius 3 is 2.60 bits per heavy atom. The molecule has 1 fully saturated rings. The molecule has 1 aliphatic rings. The first-order valence-electron chi connectivity index (χ1n) is 10.3. The molecule has 3 aromatic rings. The van der Waals surface area contributed by atoms with Gasteiger partial charge in [0, 0.05) is 32.2 Å². The van der Waals surface area contributed by atoms with E-state index in [-0.39, 0.29) is 11.9 Å². The van der Waals surface area contributed by atoms with Crippen molar-refractivity contribution in [3.8, 4) is 16.3 Å². The Morgan fingerprint density at radius 1 is 1.20 bits per heavy atom. The lowest BCUT2D eigenvalue weighted by molar-refractivity contribution is 0.00560. The third-order valence-electron chi connectivity index (χ3n) is 5.29. The van der Waals surface area contributed by atoms with Crippen LogP contribution in [0.5, 0.6) is 0 Å². The van der Waals surface area contributed by atoms with Crippen LogP contribution in [-0.2, 0) is 0 Å². The first kappa shape index (κ1) is 20.8. The van der Waals surface area contributed by atoms with Crippen LogP contribution in [-0.4, -0.2) is 68.4 Å². The van der Waals surface area contributed by atoms with E-state index in [1.54, 1.807) is 11.3 Å². The lowest BCUT2D eigenvalue weighted by Gasteiger charge is -2.41. The number of aromatic nitrogens is 2. The zero-order chi connectivity index (χ0) is 21.3. The van der Waals surface area contributed by atoms with E-state index in [4.69, 9.17) is 5.10 Å². The molecule has 30 heavy (non-hydrogen) atoms. The fourth-order valence-electron chi connectivity index (χ4n) is 4.02. The van der Waals surface area contributed by atoms with Crippen LogP contribution in [0.25, 0.3) is 16.3 Å². The van der Waals surface area contributed by atoms with E-state index < -0.39 is 5.60 Å². The standard InChI is InChI=1S/C23H28N4O2S/c1-17-15-25(16-23(2,3)29)11-12-26(17)22(28)19-14-20(21-10-7-13-30-21)27(24-19)18-8-5-4-6-9-18/h4-10,13-14,17,29H,11-12,15-16H2,1-3H3. The van der Waals surface area contributed by atoms with Gasteiger partial charge in [0.1, 0.15) is 0 Å². The van der Waals surface area contributed by atoms with E-state index in [2.05, 4.69) is 11.8 Å². The van der Waals surface area contributed by atoms with Gasteiger partial charge in [0.05, 0.1) is 21.9 Å². The van der Waals surface area contributed by atoms with Crippen LogP contribution < -0.4 is 0 Å². The Balaban J connectivity index is 1.59. The van der Waals surface area contributed by atoms with Crippen molar-refractivity contribution >= 4 is 17.2 Å². The number of carbonyl (C=O) groups is 1. The average molecular weight is 425 g/mol. The van der Waals surface area contributed by atoms with Crippen LogP contribution >= 0.6 is 11.3 Å². The number of thiophene rings is 1. The number of hydrogen-bond acceptors (Lipinski definition) is 5. The zero-order valence-corrected chi connectivity index (χ0v) is 18.5. The Kier molecular flexibility index (Phi) is 5.77. The van der Waals surface area contributed by atoms with Gasteiger partial charge in [0.2, 0.25) is 0 Å². The molecule has 2 aromatic heterocycles. The van der Waals surface area contributed by atoms with Crippen molar-refractivity contribution in [2.24, 2.45) is 0 Å². The SMILES string of the molecule is CC1CN(CC(C)(C)O)CCN1C(=O)c1cc(-c2cccs2)n(-c2ccccc2)n1. The summed E-state index contributed by atoms with van der Waals surface area (Å²) in [4.78, 5) is 18.5. The summed E-state index contributed by atoms with van der Waals surface area (Å²) in [5.41, 5.74) is 1.58. The zero-order valence-electron chi connectivity index (χ0n) is 17.7. The molecule has 0 bridgehead atoms. The molecule has 1 N–H and O–H groups in total. The topological polar surface area (TPSA) is 61.6 Å². The Labute approximate surface area is 181 Å². The van der Waals surface area contributed by atoms with Crippen LogP contribution in [0.2, 0.25) is 0 Å². The molecule has 1 unspecified atom stereocenters. The molecule has 0 aliphatic carbocycles. The molecule has 0 radical (unpaired) electrons. The van der Waals surface area contributed by atoms with Gasteiger partial charge in [0.25, 0.3) is 5.91 Å². The highest BCUT2D eigenvalue weighted by Crippen LogP contribution is 2.29. The summed E-state index contributed by atoms with van der Waals surface area (Å²) in [6, 6.07) is 15.9. The minimum Gasteiger partial charge on any atom is -0.389 e. The number of rotatable bonds is 5. The predicted octanol–water partition coefficient (Wildman–Crippen LogP) is 3.52. The molecule has 158 valence electrons. The Bertz CT molecular complexity index is 992. The summed E-state index contributed by atoms with van der Waals surface area (Å²) in [6.07, 6.45) is 0. The second kappa shape index (κ2) is 8.34. The van der Waals surface area contributed by atoms with Gasteiger partial charge in [-0.25, -0.2) is 4.68 Å². The molecule has 1 aliphatic heterocycles. The fourth-order valence-corrected chi connectivity index (χ4v) is 4.75. The van der Waals surface area contributed by atoms with Crippen molar-refractivity contribution in [3.05, 3.63) is 59.6 Å². The predicted molar refractivity (Wildman–Crippen MR) is 120 cm³/mol. The van der Waals surface area contributed by atoms with Crippen LogP contribution in [0.4, 0.5) is 0 Å². The van der Waals surface area contributed by atoms with E-state index >= 15 is 0 Å². The van der Waals surface area contributed by atoms with Crippen LogP contribution in [0.15, 0.2) is 53.9 Å². The quantitative estimate of drug-likeness (QED) is 0.681. The van der Waals surface area contributed by atoms with Crippen molar-refractivity contribution < 1.29 is 9.90 Å². The maximum atomic E-state index is 13.4. The highest BCUT2D eigenvalue weighted by atomic mass is 32.1. The molecule has 1 atom stereocenters. The van der Waals surface area contributed by atoms with Crippen molar-refractivity contribution in [1.82, 2.24) is 19.6 Å². The van der Waals surface area contributed by atoms with Crippen LogP contribution in [0, 0.1) is 0 Å². The molecule has 6 nitrogen and oxygen atoms in total. The number of amides is 1. The highest BCUT2D eigenvalue weighted by molar-refractivity contribution is 7.13. The number of aliphatic hydroxyl groups is 1. The van der Waals surface area contributed by atoms with Gasteiger partial charge in [-0.1, -0.05) is 24.3 Å². The summed E-state index contributed by atoms with van der Waals surface area (Å²) >= 11 is 1.64. The van der Waals surface area contributed by atoms with E-state index in [1.165, 1.54) is 0 Å². The number of para-hydroxylation sites is 1. The lowest BCUT2D eigenvalue weighted by Crippen LogP contribution is -2.56. The molecule has 0 spiro atoms. The minimum atomic E-state index is -0.740. The van der Waals surface area contributed by atoms with Crippen molar-refractivity contribution in [2.45, 2.75) is 32.4 Å². The molecule has 3 heterocycles. The molecule has 7 heteroatoms. The molecule has 1 amide bonds. The van der Waals surface area contributed by atoms with E-state index in [1.807, 2.05) is 77.3 Å². The molecular formula is C23H28N4O2S. The summed E-state index contributed by atoms with van der Waals surface area (Å²) in [5, 5.41) is 16.8.